The minimum atomic E-state index is -2.54. The summed E-state index contributed by atoms with van der Waals surface area (Å²) in [5.41, 5.74) is 1.68. The topological polar surface area (TPSA) is 61.7 Å². The molecule has 0 radical (unpaired) electrons. The molecular formula is C20H26F2N4O2. The largest absolute Gasteiger partial charge is 0.471 e. The van der Waals surface area contributed by atoms with Crippen molar-refractivity contribution in [2.75, 3.05) is 37.7 Å². The SMILES string of the molecule is OC1CCCCC1N1CCN(c2ccc3ncnc(OCC(F)F)c3c2)CC1. The van der Waals surface area contributed by atoms with Gasteiger partial charge in [-0.05, 0) is 31.0 Å². The lowest BCUT2D eigenvalue weighted by atomic mass is 9.91. The minimum absolute atomic E-state index is 0.191. The molecule has 0 bridgehead atoms. The average molecular weight is 392 g/mol. The van der Waals surface area contributed by atoms with Crippen LogP contribution in [0.25, 0.3) is 10.9 Å². The predicted octanol–water partition coefficient (Wildman–Crippen LogP) is 2.70. The number of anilines is 1. The Morgan fingerprint density at radius 2 is 1.89 bits per heavy atom. The lowest BCUT2D eigenvalue weighted by molar-refractivity contribution is 0.0173. The highest BCUT2D eigenvalue weighted by Gasteiger charge is 2.31. The number of aliphatic hydroxyl groups excluding tert-OH is 1. The van der Waals surface area contributed by atoms with Crippen LogP contribution in [0.15, 0.2) is 24.5 Å². The lowest BCUT2D eigenvalue weighted by Crippen LogP contribution is -2.54. The van der Waals surface area contributed by atoms with Crippen molar-refractivity contribution in [1.29, 1.82) is 0 Å². The fourth-order valence-electron chi connectivity index (χ4n) is 4.30. The average Bonchev–Trinajstić information content (AvgIpc) is 2.72. The first-order valence-electron chi connectivity index (χ1n) is 9.94. The summed E-state index contributed by atoms with van der Waals surface area (Å²) >= 11 is 0. The zero-order chi connectivity index (χ0) is 19.5. The van der Waals surface area contributed by atoms with Gasteiger partial charge in [0, 0.05) is 37.9 Å². The molecule has 6 nitrogen and oxygen atoms in total. The smallest absolute Gasteiger partial charge is 0.272 e. The molecule has 8 heteroatoms. The summed E-state index contributed by atoms with van der Waals surface area (Å²) in [7, 11) is 0. The number of rotatable bonds is 5. The van der Waals surface area contributed by atoms with Gasteiger partial charge in [0.2, 0.25) is 5.88 Å². The van der Waals surface area contributed by atoms with Gasteiger partial charge < -0.3 is 14.7 Å². The van der Waals surface area contributed by atoms with E-state index in [0.29, 0.717) is 10.9 Å². The summed E-state index contributed by atoms with van der Waals surface area (Å²) in [5, 5.41) is 11.0. The number of aromatic nitrogens is 2. The molecule has 4 rings (SSSR count). The van der Waals surface area contributed by atoms with Crippen LogP contribution < -0.4 is 9.64 Å². The number of benzene rings is 1. The van der Waals surface area contributed by atoms with Crippen molar-refractivity contribution in [2.24, 2.45) is 0 Å². The van der Waals surface area contributed by atoms with Crippen molar-refractivity contribution >= 4 is 16.6 Å². The van der Waals surface area contributed by atoms with Crippen molar-refractivity contribution in [3.63, 3.8) is 0 Å². The second kappa shape index (κ2) is 8.53. The Morgan fingerprint density at radius 1 is 1.11 bits per heavy atom. The van der Waals surface area contributed by atoms with Crippen molar-refractivity contribution in [3.8, 4) is 5.88 Å². The molecule has 2 aliphatic rings. The normalized spacial score (nSPS) is 24.1. The highest BCUT2D eigenvalue weighted by Crippen LogP contribution is 2.29. The molecule has 1 saturated carbocycles. The van der Waals surface area contributed by atoms with Gasteiger partial charge in [0.15, 0.2) is 6.61 Å². The number of aliphatic hydroxyl groups is 1. The second-order valence-corrected chi connectivity index (χ2v) is 7.52. The van der Waals surface area contributed by atoms with Crippen molar-refractivity contribution in [1.82, 2.24) is 14.9 Å². The van der Waals surface area contributed by atoms with Crippen LogP contribution in [0.1, 0.15) is 25.7 Å². The first-order valence-corrected chi connectivity index (χ1v) is 9.94. The molecule has 0 spiro atoms. The Balaban J connectivity index is 1.46. The number of piperazine rings is 1. The van der Waals surface area contributed by atoms with Gasteiger partial charge in [-0.2, -0.15) is 0 Å². The molecule has 0 amide bonds. The summed E-state index contributed by atoms with van der Waals surface area (Å²) < 4.78 is 30.2. The molecule has 2 atom stereocenters. The van der Waals surface area contributed by atoms with Gasteiger partial charge in [-0.1, -0.05) is 12.8 Å². The zero-order valence-electron chi connectivity index (χ0n) is 15.8. The highest BCUT2D eigenvalue weighted by atomic mass is 19.3. The van der Waals surface area contributed by atoms with Gasteiger partial charge in [-0.3, -0.25) is 4.90 Å². The van der Waals surface area contributed by atoms with Gasteiger partial charge in [-0.25, -0.2) is 18.7 Å². The van der Waals surface area contributed by atoms with Crippen LogP contribution in [-0.4, -0.2) is 71.3 Å². The molecule has 28 heavy (non-hydrogen) atoms. The quantitative estimate of drug-likeness (QED) is 0.844. The van der Waals surface area contributed by atoms with Gasteiger partial charge >= 0.3 is 0 Å². The van der Waals surface area contributed by atoms with Crippen LogP contribution in [0.4, 0.5) is 14.5 Å². The molecule has 1 N–H and O–H groups in total. The fraction of sp³-hybridized carbons (Fsp3) is 0.600. The number of ether oxygens (including phenoxy) is 1. The molecule has 152 valence electrons. The number of hydrogen-bond donors (Lipinski definition) is 1. The minimum Gasteiger partial charge on any atom is -0.471 e. The molecule has 1 aromatic heterocycles. The van der Waals surface area contributed by atoms with Gasteiger partial charge in [-0.15, -0.1) is 0 Å². The predicted molar refractivity (Wildman–Crippen MR) is 103 cm³/mol. The molecule has 1 aliphatic heterocycles. The molecule has 2 fully saturated rings. The third-order valence-electron chi connectivity index (χ3n) is 5.77. The Labute approximate surface area is 163 Å². The standard InChI is InChI=1S/C20H26F2N4O2/c21-19(22)12-28-20-15-11-14(5-6-16(15)23-13-24-20)25-7-9-26(10-8-25)17-3-1-2-4-18(17)27/h5-6,11,13,17-19,27H,1-4,7-10,12H2. The van der Waals surface area contributed by atoms with E-state index < -0.39 is 13.0 Å². The van der Waals surface area contributed by atoms with Crippen LogP contribution in [0.5, 0.6) is 5.88 Å². The number of halogens is 2. The fourth-order valence-corrected chi connectivity index (χ4v) is 4.30. The Bertz CT molecular complexity index is 799. The lowest BCUT2D eigenvalue weighted by Gasteiger charge is -2.43. The monoisotopic (exact) mass is 392 g/mol. The number of fused-ring (bicyclic) bond motifs is 1. The summed E-state index contributed by atoms with van der Waals surface area (Å²) in [6, 6.07) is 6.06. The van der Waals surface area contributed by atoms with E-state index in [2.05, 4.69) is 19.8 Å². The third-order valence-corrected chi connectivity index (χ3v) is 5.77. The van der Waals surface area contributed by atoms with Crippen molar-refractivity contribution in [3.05, 3.63) is 24.5 Å². The van der Waals surface area contributed by atoms with E-state index in [0.717, 1.165) is 51.1 Å². The Morgan fingerprint density at radius 3 is 2.64 bits per heavy atom. The van der Waals surface area contributed by atoms with Crippen LogP contribution in [0.2, 0.25) is 0 Å². The molecule has 2 unspecified atom stereocenters. The molecule has 2 heterocycles. The van der Waals surface area contributed by atoms with E-state index in [4.69, 9.17) is 4.74 Å². The van der Waals surface area contributed by atoms with Crippen molar-refractivity contribution < 1.29 is 18.6 Å². The van der Waals surface area contributed by atoms with E-state index in [-0.39, 0.29) is 18.0 Å². The number of nitrogens with zero attached hydrogens (tertiary/aromatic N) is 4. The summed E-state index contributed by atoms with van der Waals surface area (Å²) in [6.45, 7) is 2.84. The van der Waals surface area contributed by atoms with E-state index in [9.17, 15) is 13.9 Å². The highest BCUT2D eigenvalue weighted by molar-refractivity contribution is 5.86. The van der Waals surface area contributed by atoms with Crippen LogP contribution >= 0.6 is 0 Å². The van der Waals surface area contributed by atoms with Crippen LogP contribution in [0.3, 0.4) is 0 Å². The summed E-state index contributed by atoms with van der Waals surface area (Å²) in [4.78, 5) is 12.9. The Kier molecular flexibility index (Phi) is 5.87. The maximum absolute atomic E-state index is 12.5. The maximum Gasteiger partial charge on any atom is 0.272 e. The molecule has 1 aromatic carbocycles. The first-order chi connectivity index (χ1) is 13.6. The van der Waals surface area contributed by atoms with Gasteiger partial charge in [0.25, 0.3) is 6.43 Å². The second-order valence-electron chi connectivity index (χ2n) is 7.52. The van der Waals surface area contributed by atoms with Crippen LogP contribution in [0, 0.1) is 0 Å². The van der Waals surface area contributed by atoms with E-state index >= 15 is 0 Å². The number of hydrogen-bond acceptors (Lipinski definition) is 6. The zero-order valence-corrected chi connectivity index (χ0v) is 15.8. The van der Waals surface area contributed by atoms with Gasteiger partial charge in [0.1, 0.15) is 6.33 Å². The summed E-state index contributed by atoms with van der Waals surface area (Å²) in [6.07, 6.45) is 2.85. The maximum atomic E-state index is 12.5. The van der Waals surface area contributed by atoms with E-state index in [1.165, 1.54) is 12.7 Å². The molecule has 2 aromatic rings. The van der Waals surface area contributed by atoms with E-state index in [1.54, 1.807) is 0 Å². The molecule has 1 aliphatic carbocycles. The third kappa shape index (κ3) is 4.17. The molecule has 1 saturated heterocycles. The van der Waals surface area contributed by atoms with E-state index in [1.807, 2.05) is 18.2 Å². The van der Waals surface area contributed by atoms with Crippen molar-refractivity contribution in [2.45, 2.75) is 44.3 Å². The first kappa shape index (κ1) is 19.3. The Hall–Kier alpha value is -2.06. The molecular weight excluding hydrogens is 366 g/mol. The van der Waals surface area contributed by atoms with Gasteiger partial charge in [0.05, 0.1) is 17.0 Å². The number of alkyl halides is 2. The van der Waals surface area contributed by atoms with Crippen LogP contribution in [-0.2, 0) is 0 Å². The summed E-state index contributed by atoms with van der Waals surface area (Å²) in [5.74, 6) is 0.191.